The van der Waals surface area contributed by atoms with Gasteiger partial charge in [0.1, 0.15) is 17.2 Å². The van der Waals surface area contributed by atoms with Crippen LogP contribution in [0.2, 0.25) is 0 Å². The fourth-order valence-electron chi connectivity index (χ4n) is 4.67. The Morgan fingerprint density at radius 2 is 1.16 bits per heavy atom. The molecule has 220 valence electrons. The van der Waals surface area contributed by atoms with Crippen molar-refractivity contribution in [2.24, 2.45) is 5.10 Å². The molecule has 0 aromatic heterocycles. The predicted octanol–water partition coefficient (Wildman–Crippen LogP) is 5.53. The van der Waals surface area contributed by atoms with Gasteiger partial charge in [0.05, 0.1) is 12.6 Å². The fourth-order valence-corrected chi connectivity index (χ4v) is 4.67. The van der Waals surface area contributed by atoms with Gasteiger partial charge >= 0.3 is 6.09 Å². The van der Waals surface area contributed by atoms with Crippen LogP contribution < -0.4 is 16.1 Å². The Labute approximate surface area is 252 Å². The molecule has 0 saturated carbocycles. The van der Waals surface area contributed by atoms with Crippen LogP contribution >= 0.6 is 0 Å². The highest BCUT2D eigenvalue weighted by atomic mass is 16.6. The van der Waals surface area contributed by atoms with E-state index in [1.807, 2.05) is 121 Å². The minimum absolute atomic E-state index is 0.375. The van der Waals surface area contributed by atoms with Crippen LogP contribution in [0.3, 0.4) is 0 Å². The highest BCUT2D eigenvalue weighted by molar-refractivity contribution is 5.92. The van der Waals surface area contributed by atoms with Crippen molar-refractivity contribution < 1.29 is 19.1 Å². The molecule has 0 aliphatic rings. The summed E-state index contributed by atoms with van der Waals surface area (Å²) in [5.41, 5.74) is 3.81. The van der Waals surface area contributed by atoms with Crippen LogP contribution in [-0.2, 0) is 19.9 Å². The van der Waals surface area contributed by atoms with Gasteiger partial charge in [-0.1, -0.05) is 121 Å². The van der Waals surface area contributed by atoms with E-state index in [-0.39, 0.29) is 6.42 Å². The molecule has 0 radical (unpaired) electrons. The number of amides is 3. The van der Waals surface area contributed by atoms with Crippen molar-refractivity contribution in [1.82, 2.24) is 16.1 Å². The predicted molar refractivity (Wildman–Crippen MR) is 167 cm³/mol. The van der Waals surface area contributed by atoms with Gasteiger partial charge in [-0.15, -0.1) is 0 Å². The van der Waals surface area contributed by atoms with Crippen molar-refractivity contribution in [1.29, 1.82) is 0 Å². The number of hydrogen-bond acceptors (Lipinski definition) is 5. The average molecular weight is 577 g/mol. The Kier molecular flexibility index (Phi) is 10.1. The summed E-state index contributed by atoms with van der Waals surface area (Å²) in [6.07, 6.45) is 0.279. The van der Waals surface area contributed by atoms with Gasteiger partial charge in [0.15, 0.2) is 0 Å². The van der Waals surface area contributed by atoms with Gasteiger partial charge in [-0.3, -0.25) is 9.59 Å². The van der Waals surface area contributed by atoms with Gasteiger partial charge < -0.3 is 15.4 Å². The number of hydrogen-bond donors (Lipinski definition) is 3. The maximum atomic E-state index is 13.9. The molecule has 0 saturated heterocycles. The normalized spacial score (nSPS) is 12.3. The topological polar surface area (TPSA) is 109 Å². The summed E-state index contributed by atoms with van der Waals surface area (Å²) in [4.78, 5) is 39.9. The molecular formula is C35H36N4O4. The lowest BCUT2D eigenvalue weighted by Crippen LogP contribution is -2.53. The van der Waals surface area contributed by atoms with E-state index in [0.29, 0.717) is 0 Å². The molecule has 3 N–H and O–H groups in total. The molecule has 43 heavy (non-hydrogen) atoms. The molecule has 4 rings (SSSR count). The van der Waals surface area contributed by atoms with Gasteiger partial charge in [0, 0.05) is 0 Å². The van der Waals surface area contributed by atoms with E-state index in [9.17, 15) is 14.4 Å². The van der Waals surface area contributed by atoms with Crippen molar-refractivity contribution >= 4 is 24.1 Å². The van der Waals surface area contributed by atoms with Gasteiger partial charge in [-0.25, -0.2) is 10.2 Å². The number of benzene rings is 4. The Hall–Kier alpha value is -5.24. The first-order chi connectivity index (χ1) is 20.7. The first-order valence-corrected chi connectivity index (χ1v) is 14.0. The van der Waals surface area contributed by atoms with E-state index in [2.05, 4.69) is 21.2 Å². The van der Waals surface area contributed by atoms with Gasteiger partial charge in [0.2, 0.25) is 5.91 Å². The first-order valence-electron chi connectivity index (χ1n) is 14.0. The molecule has 8 heteroatoms. The molecule has 0 spiro atoms. The van der Waals surface area contributed by atoms with Crippen LogP contribution in [0.25, 0.3) is 0 Å². The summed E-state index contributed by atoms with van der Waals surface area (Å²) in [7, 11) is 0. The van der Waals surface area contributed by atoms with Crippen LogP contribution in [-0.4, -0.2) is 35.8 Å². The first kappa shape index (κ1) is 30.7. The molecule has 0 bridgehead atoms. The van der Waals surface area contributed by atoms with Gasteiger partial charge in [0.25, 0.3) is 5.91 Å². The third kappa shape index (κ3) is 8.39. The van der Waals surface area contributed by atoms with Crippen LogP contribution in [0.15, 0.2) is 126 Å². The number of rotatable bonds is 10. The van der Waals surface area contributed by atoms with Crippen LogP contribution in [0.4, 0.5) is 4.79 Å². The molecule has 8 nitrogen and oxygen atoms in total. The summed E-state index contributed by atoms with van der Waals surface area (Å²) in [5, 5.41) is 9.79. The second-order valence-electron chi connectivity index (χ2n) is 10.9. The lowest BCUT2D eigenvalue weighted by molar-refractivity contribution is -0.129. The Morgan fingerprint density at radius 1 is 0.721 bits per heavy atom. The number of alkyl carbamates (subject to hydrolysis) is 1. The third-order valence-electron chi connectivity index (χ3n) is 6.53. The Morgan fingerprint density at radius 3 is 1.60 bits per heavy atom. The van der Waals surface area contributed by atoms with Crippen molar-refractivity contribution in [3.05, 3.63) is 144 Å². The standard InChI is InChI=1S/C35H36N4O4/c1-34(2,3)43-33(42)37-30(32(41)39-36-25-26-16-8-4-9-17-26)24-31(40)38-35(27-18-10-5-11-19-27,28-20-12-6-13-21-28)29-22-14-7-15-23-29/h4-23,25,30H,24H2,1-3H3,(H,37,42)(H,38,40)(H,39,41)/b36-25+/t30-/m0/s1. The number of ether oxygens (including phenoxy) is 1. The monoisotopic (exact) mass is 576 g/mol. The molecular weight excluding hydrogens is 540 g/mol. The zero-order valence-electron chi connectivity index (χ0n) is 24.5. The summed E-state index contributed by atoms with van der Waals surface area (Å²) in [5.74, 6) is -1.14. The summed E-state index contributed by atoms with van der Waals surface area (Å²) < 4.78 is 5.38. The van der Waals surface area contributed by atoms with Crippen molar-refractivity contribution in [3.63, 3.8) is 0 Å². The van der Waals surface area contributed by atoms with E-state index in [0.717, 1.165) is 22.3 Å². The number of carbonyl (C=O) groups excluding carboxylic acids is 3. The third-order valence-corrected chi connectivity index (χ3v) is 6.53. The van der Waals surface area contributed by atoms with Crippen molar-refractivity contribution in [2.45, 2.75) is 44.4 Å². The fraction of sp³-hybridized carbons (Fsp3) is 0.200. The zero-order chi connectivity index (χ0) is 30.7. The highest BCUT2D eigenvalue weighted by Crippen LogP contribution is 2.36. The number of nitrogens with one attached hydrogen (secondary N) is 3. The lowest BCUT2D eigenvalue weighted by atomic mass is 9.77. The van der Waals surface area contributed by atoms with Gasteiger partial charge in [-0.05, 0) is 43.0 Å². The molecule has 0 fully saturated rings. The van der Waals surface area contributed by atoms with Crippen molar-refractivity contribution in [2.75, 3.05) is 0 Å². The van der Waals surface area contributed by atoms with Gasteiger partial charge in [-0.2, -0.15) is 5.10 Å². The summed E-state index contributed by atoms with van der Waals surface area (Å²) in [6, 6.07) is 36.8. The number of carbonyl (C=O) groups is 3. The van der Waals surface area contributed by atoms with Crippen LogP contribution in [0, 0.1) is 0 Å². The van der Waals surface area contributed by atoms with E-state index in [1.54, 1.807) is 20.8 Å². The Bertz CT molecular complexity index is 1420. The number of nitrogens with zero attached hydrogens (tertiary/aromatic N) is 1. The average Bonchev–Trinajstić information content (AvgIpc) is 3.00. The zero-order valence-corrected chi connectivity index (χ0v) is 24.5. The smallest absolute Gasteiger partial charge is 0.408 e. The van der Waals surface area contributed by atoms with E-state index in [4.69, 9.17) is 4.74 Å². The summed E-state index contributed by atoms with van der Waals surface area (Å²) in [6.45, 7) is 5.14. The largest absolute Gasteiger partial charge is 0.444 e. The SMILES string of the molecule is CC(C)(C)OC(=O)N[C@@H](CC(=O)NC(c1ccccc1)(c1ccccc1)c1ccccc1)C(=O)N/N=C/c1ccccc1. The highest BCUT2D eigenvalue weighted by Gasteiger charge is 2.39. The maximum absolute atomic E-state index is 13.9. The molecule has 3 amide bonds. The second kappa shape index (κ2) is 14.1. The lowest BCUT2D eigenvalue weighted by Gasteiger charge is -2.37. The number of hydrazone groups is 1. The van der Waals surface area contributed by atoms with Crippen LogP contribution in [0.5, 0.6) is 0 Å². The van der Waals surface area contributed by atoms with Crippen molar-refractivity contribution in [3.8, 4) is 0 Å². The minimum Gasteiger partial charge on any atom is -0.444 e. The quantitative estimate of drug-likeness (QED) is 0.131. The van der Waals surface area contributed by atoms with E-state index < -0.39 is 35.1 Å². The molecule has 0 aliphatic heterocycles. The summed E-state index contributed by atoms with van der Waals surface area (Å²) >= 11 is 0. The van der Waals surface area contributed by atoms with E-state index in [1.165, 1.54) is 6.21 Å². The molecule has 0 aliphatic carbocycles. The molecule has 0 heterocycles. The van der Waals surface area contributed by atoms with E-state index >= 15 is 0 Å². The molecule has 1 atom stereocenters. The van der Waals surface area contributed by atoms with Crippen LogP contribution in [0.1, 0.15) is 49.4 Å². The second-order valence-corrected chi connectivity index (χ2v) is 10.9. The molecule has 4 aromatic carbocycles. The maximum Gasteiger partial charge on any atom is 0.408 e. The molecule has 4 aromatic rings. The Balaban J connectivity index is 1.66. The minimum atomic E-state index is -1.28. The molecule has 0 unspecified atom stereocenters.